The van der Waals surface area contributed by atoms with Gasteiger partial charge in [0.15, 0.2) is 0 Å². The fourth-order valence-corrected chi connectivity index (χ4v) is 2.65. The average Bonchev–Trinajstić information content (AvgIpc) is 2.24. The predicted octanol–water partition coefficient (Wildman–Crippen LogP) is 4.56. The summed E-state index contributed by atoms with van der Waals surface area (Å²) in [7, 11) is 0. The maximum absolute atomic E-state index is 3.20. The first-order valence-electron chi connectivity index (χ1n) is 6.38. The molecule has 0 amide bonds. The fourth-order valence-electron chi connectivity index (χ4n) is 2.65. The molecule has 1 aliphatic carbocycles. The number of unbranched alkanes of at least 4 members (excludes halogenated alkanes) is 2. The molecule has 93 valence electrons. The standard InChI is InChI=1S/C15H21.Ho/c1-2-3-5-8-14-11-12-15(14)13-9-6-4-7-10-13;/h4,6,9-10,14-15H,2-3,5,8,11-12H2,1H3;/q-1;. The van der Waals surface area contributed by atoms with Crippen molar-refractivity contribution in [3.63, 3.8) is 0 Å². The molecule has 1 aromatic rings. The molecule has 2 atom stereocenters. The summed E-state index contributed by atoms with van der Waals surface area (Å²) >= 11 is 0. The van der Waals surface area contributed by atoms with E-state index in [0.29, 0.717) is 0 Å². The first kappa shape index (κ1) is 14.5. The maximum Gasteiger partial charge on any atom is 0 e. The molecule has 1 aliphatic rings. The molecule has 2 unspecified atom stereocenters. The second-order valence-electron chi connectivity index (χ2n) is 4.78. The Bertz CT molecular complexity index is 281. The van der Waals surface area contributed by atoms with Crippen LogP contribution in [-0.4, -0.2) is 0 Å². The molecule has 0 bridgehead atoms. The van der Waals surface area contributed by atoms with Gasteiger partial charge < -0.3 is 0 Å². The van der Waals surface area contributed by atoms with E-state index in [4.69, 9.17) is 0 Å². The predicted molar refractivity (Wildman–Crippen MR) is 64.9 cm³/mol. The van der Waals surface area contributed by atoms with Gasteiger partial charge in [-0.25, -0.2) is 0 Å². The van der Waals surface area contributed by atoms with Crippen molar-refractivity contribution in [3.05, 3.63) is 35.9 Å². The van der Waals surface area contributed by atoms with Crippen LogP contribution in [0.1, 0.15) is 56.9 Å². The molecule has 0 N–H and O–H groups in total. The van der Waals surface area contributed by atoms with Gasteiger partial charge in [-0.05, 0) is 5.92 Å². The van der Waals surface area contributed by atoms with Crippen molar-refractivity contribution in [2.24, 2.45) is 5.92 Å². The van der Waals surface area contributed by atoms with Gasteiger partial charge in [0.2, 0.25) is 0 Å². The Morgan fingerprint density at radius 1 is 1.31 bits per heavy atom. The van der Waals surface area contributed by atoms with Crippen LogP contribution in [0.3, 0.4) is 0 Å². The molecule has 1 aromatic carbocycles. The van der Waals surface area contributed by atoms with E-state index in [1.165, 1.54) is 44.1 Å². The molecule has 0 saturated heterocycles. The number of hydrogen-bond donors (Lipinski definition) is 0. The summed E-state index contributed by atoms with van der Waals surface area (Å²) in [5.41, 5.74) is 1.52. The van der Waals surface area contributed by atoms with Gasteiger partial charge >= 0.3 is 0 Å². The van der Waals surface area contributed by atoms with Crippen molar-refractivity contribution in [2.45, 2.75) is 51.4 Å². The normalized spacial score (nSPS) is 23.3. The summed E-state index contributed by atoms with van der Waals surface area (Å²) in [5.74, 6) is 1.81. The van der Waals surface area contributed by atoms with Crippen LogP contribution in [0.5, 0.6) is 0 Å². The molecule has 0 aromatic heterocycles. The third-order valence-electron chi connectivity index (χ3n) is 3.76. The monoisotopic (exact) mass is 366 g/mol. The second kappa shape index (κ2) is 7.74. The molecule has 1 fully saturated rings. The molecular formula is C15H21Ho-. The molecule has 16 heavy (non-hydrogen) atoms. The van der Waals surface area contributed by atoms with Gasteiger partial charge in [0, 0.05) is 37.7 Å². The molecular weight excluding hydrogens is 345 g/mol. The largest absolute Gasteiger partial charge is 0.184 e. The van der Waals surface area contributed by atoms with E-state index in [1.54, 1.807) is 0 Å². The van der Waals surface area contributed by atoms with Crippen molar-refractivity contribution >= 4 is 0 Å². The third kappa shape index (κ3) is 3.75. The summed E-state index contributed by atoms with van der Waals surface area (Å²) in [6.45, 7) is 2.28. The second-order valence-corrected chi connectivity index (χ2v) is 4.78. The van der Waals surface area contributed by atoms with Crippen LogP contribution < -0.4 is 0 Å². The van der Waals surface area contributed by atoms with Gasteiger partial charge in [-0.15, -0.1) is 0 Å². The smallest absolute Gasteiger partial charge is 0 e. The van der Waals surface area contributed by atoms with Crippen LogP contribution in [0.4, 0.5) is 0 Å². The first-order valence-corrected chi connectivity index (χ1v) is 6.38. The zero-order valence-electron chi connectivity index (χ0n) is 10.0. The quantitative estimate of drug-likeness (QED) is 0.407. The van der Waals surface area contributed by atoms with E-state index in [2.05, 4.69) is 31.2 Å². The Hall–Kier alpha value is 0.480. The van der Waals surface area contributed by atoms with Gasteiger partial charge in [0.1, 0.15) is 0 Å². The Labute approximate surface area is 130 Å². The van der Waals surface area contributed by atoms with E-state index < -0.39 is 0 Å². The van der Waals surface area contributed by atoms with Crippen molar-refractivity contribution in [3.8, 4) is 0 Å². The van der Waals surface area contributed by atoms with Crippen molar-refractivity contribution in [1.82, 2.24) is 0 Å². The maximum atomic E-state index is 3.20. The summed E-state index contributed by atoms with van der Waals surface area (Å²) in [6.07, 6.45) is 8.46. The zero-order valence-corrected chi connectivity index (χ0v) is 11.9. The molecule has 0 heterocycles. The summed E-state index contributed by atoms with van der Waals surface area (Å²) in [6, 6.07) is 11.8. The van der Waals surface area contributed by atoms with E-state index in [0.717, 1.165) is 11.8 Å². The Balaban J connectivity index is 0.00000128. The minimum absolute atomic E-state index is 0. The SMILES string of the molecule is CCCCCC1CCC1c1c[c-]ccc1.[Ho]. The molecule has 1 heteroatoms. The topological polar surface area (TPSA) is 0 Å². The van der Waals surface area contributed by atoms with Gasteiger partial charge in [-0.2, -0.15) is 35.9 Å². The number of benzene rings is 1. The molecule has 0 nitrogen and oxygen atoms in total. The molecule has 1 radical (unpaired) electrons. The van der Waals surface area contributed by atoms with Crippen LogP contribution in [-0.2, 0) is 0 Å². The van der Waals surface area contributed by atoms with E-state index in [9.17, 15) is 0 Å². The molecule has 2 rings (SSSR count). The van der Waals surface area contributed by atoms with E-state index >= 15 is 0 Å². The Kier molecular flexibility index (Phi) is 7.03. The van der Waals surface area contributed by atoms with E-state index in [1.807, 2.05) is 6.07 Å². The number of rotatable bonds is 5. The Morgan fingerprint density at radius 2 is 2.19 bits per heavy atom. The minimum Gasteiger partial charge on any atom is -0.184 e. The van der Waals surface area contributed by atoms with Crippen molar-refractivity contribution in [2.75, 3.05) is 0 Å². The van der Waals surface area contributed by atoms with Crippen LogP contribution in [0.25, 0.3) is 0 Å². The van der Waals surface area contributed by atoms with Crippen LogP contribution in [0.15, 0.2) is 24.3 Å². The summed E-state index contributed by atoms with van der Waals surface area (Å²) in [5, 5.41) is 0. The Morgan fingerprint density at radius 3 is 2.75 bits per heavy atom. The third-order valence-corrected chi connectivity index (χ3v) is 3.76. The van der Waals surface area contributed by atoms with Crippen LogP contribution in [0.2, 0.25) is 0 Å². The zero-order chi connectivity index (χ0) is 10.5. The first-order chi connectivity index (χ1) is 7.42. The van der Waals surface area contributed by atoms with Crippen molar-refractivity contribution < 1.29 is 37.7 Å². The number of hydrogen-bond acceptors (Lipinski definition) is 0. The average molecular weight is 366 g/mol. The summed E-state index contributed by atoms with van der Waals surface area (Å²) < 4.78 is 0. The molecule has 0 aliphatic heterocycles. The van der Waals surface area contributed by atoms with E-state index in [-0.39, 0.29) is 37.7 Å². The van der Waals surface area contributed by atoms with Gasteiger partial charge in [-0.3, -0.25) is 0 Å². The van der Waals surface area contributed by atoms with Gasteiger partial charge in [0.25, 0.3) is 0 Å². The van der Waals surface area contributed by atoms with Gasteiger partial charge in [-0.1, -0.05) is 51.4 Å². The van der Waals surface area contributed by atoms with Crippen LogP contribution >= 0.6 is 0 Å². The fraction of sp³-hybridized carbons (Fsp3) is 0.600. The summed E-state index contributed by atoms with van der Waals surface area (Å²) in [4.78, 5) is 0. The van der Waals surface area contributed by atoms with Gasteiger partial charge in [0.05, 0.1) is 0 Å². The molecule has 0 spiro atoms. The molecule has 1 saturated carbocycles. The minimum atomic E-state index is 0. The van der Waals surface area contributed by atoms with Crippen molar-refractivity contribution in [1.29, 1.82) is 0 Å². The van der Waals surface area contributed by atoms with Crippen LogP contribution in [0, 0.1) is 49.7 Å².